The zero-order valence-corrected chi connectivity index (χ0v) is 16.4. The lowest BCUT2D eigenvalue weighted by atomic mass is 10.1. The topological polar surface area (TPSA) is 102 Å². The summed E-state index contributed by atoms with van der Waals surface area (Å²) in [7, 11) is 0. The number of likely N-dealkylation sites (tertiary alicyclic amines) is 1. The van der Waals surface area contributed by atoms with Crippen molar-refractivity contribution in [3.63, 3.8) is 0 Å². The third kappa shape index (κ3) is 4.08. The van der Waals surface area contributed by atoms with Crippen LogP contribution in [0.3, 0.4) is 0 Å². The second kappa shape index (κ2) is 8.62. The van der Waals surface area contributed by atoms with E-state index in [1.165, 1.54) is 0 Å². The molecular formula is C23H21N5O2. The second-order valence-electron chi connectivity index (χ2n) is 7.18. The maximum Gasteiger partial charge on any atom is 0.262 e. The quantitative estimate of drug-likeness (QED) is 0.491. The summed E-state index contributed by atoms with van der Waals surface area (Å²) in [4.78, 5) is 33.6. The van der Waals surface area contributed by atoms with Crippen LogP contribution in [0.15, 0.2) is 54.4 Å². The van der Waals surface area contributed by atoms with E-state index in [4.69, 9.17) is 0 Å². The van der Waals surface area contributed by atoms with E-state index in [0.717, 1.165) is 35.0 Å². The average Bonchev–Trinajstić information content (AvgIpc) is 3.37. The van der Waals surface area contributed by atoms with Crippen molar-refractivity contribution in [2.24, 2.45) is 0 Å². The summed E-state index contributed by atoms with van der Waals surface area (Å²) in [6.07, 6.45) is 6.45. The number of benzene rings is 1. The molecule has 0 saturated carbocycles. The first-order valence-electron chi connectivity index (χ1n) is 9.82. The number of pyridine rings is 1. The molecule has 0 aliphatic carbocycles. The molecule has 1 aromatic carbocycles. The summed E-state index contributed by atoms with van der Waals surface area (Å²) in [5.41, 5.74) is 3.38. The van der Waals surface area contributed by atoms with Crippen LogP contribution >= 0.6 is 0 Å². The largest absolute Gasteiger partial charge is 0.347 e. The lowest BCUT2D eigenvalue weighted by Crippen LogP contribution is -2.27. The highest BCUT2D eigenvalue weighted by Gasteiger charge is 2.21. The highest BCUT2D eigenvalue weighted by Crippen LogP contribution is 2.19. The fourth-order valence-electron chi connectivity index (χ4n) is 3.63. The fraction of sp³-hybridized carbons (Fsp3) is 0.217. The van der Waals surface area contributed by atoms with E-state index in [2.05, 4.69) is 15.3 Å². The van der Waals surface area contributed by atoms with Crippen LogP contribution in [0.25, 0.3) is 17.1 Å². The van der Waals surface area contributed by atoms with E-state index in [1.54, 1.807) is 18.5 Å². The van der Waals surface area contributed by atoms with Crippen LogP contribution in [0.4, 0.5) is 0 Å². The standard InChI is InChI=1S/C23H21N5O2/c24-12-18(11-19-14-26-22-20(19)7-3-9-25-22)23(30)27-13-16-5-1-2-6-17(16)15-28-10-4-8-21(28)29/h1-3,5-7,9,11,14H,4,8,10,13,15H2,(H,25,26)(H,27,30)/b18-11+. The van der Waals surface area contributed by atoms with Crippen LogP contribution < -0.4 is 5.32 Å². The molecule has 3 aromatic rings. The van der Waals surface area contributed by atoms with Gasteiger partial charge in [-0.1, -0.05) is 24.3 Å². The molecule has 4 rings (SSSR count). The van der Waals surface area contributed by atoms with E-state index >= 15 is 0 Å². The van der Waals surface area contributed by atoms with Gasteiger partial charge >= 0.3 is 0 Å². The summed E-state index contributed by atoms with van der Waals surface area (Å²) >= 11 is 0. The molecule has 0 bridgehead atoms. The number of nitriles is 1. The zero-order chi connectivity index (χ0) is 20.9. The number of hydrogen-bond donors (Lipinski definition) is 2. The van der Waals surface area contributed by atoms with E-state index in [1.807, 2.05) is 47.4 Å². The molecule has 0 spiro atoms. The third-order valence-electron chi connectivity index (χ3n) is 5.24. The van der Waals surface area contributed by atoms with Gasteiger partial charge in [-0.05, 0) is 35.8 Å². The molecule has 2 amide bonds. The van der Waals surface area contributed by atoms with Gasteiger partial charge in [-0.25, -0.2) is 4.98 Å². The molecule has 3 heterocycles. The Morgan fingerprint density at radius 1 is 1.27 bits per heavy atom. The maximum absolute atomic E-state index is 12.6. The van der Waals surface area contributed by atoms with Crippen molar-refractivity contribution in [1.29, 1.82) is 5.26 Å². The molecule has 0 atom stereocenters. The normalized spacial score (nSPS) is 14.2. The van der Waals surface area contributed by atoms with Gasteiger partial charge in [0.05, 0.1) is 0 Å². The number of carbonyl (C=O) groups is 2. The summed E-state index contributed by atoms with van der Waals surface area (Å²) in [5.74, 6) is -0.278. The minimum Gasteiger partial charge on any atom is -0.347 e. The molecule has 1 saturated heterocycles. The number of carbonyl (C=O) groups excluding carboxylic acids is 2. The highest BCUT2D eigenvalue weighted by molar-refractivity contribution is 6.03. The molecule has 7 nitrogen and oxygen atoms in total. The summed E-state index contributed by atoms with van der Waals surface area (Å²) in [5, 5.41) is 13.2. The summed E-state index contributed by atoms with van der Waals surface area (Å²) in [6.45, 7) is 1.58. The number of nitrogens with one attached hydrogen (secondary N) is 2. The highest BCUT2D eigenvalue weighted by atomic mass is 16.2. The van der Waals surface area contributed by atoms with Crippen LogP contribution in [0.5, 0.6) is 0 Å². The number of fused-ring (bicyclic) bond motifs is 1. The molecule has 2 aromatic heterocycles. The van der Waals surface area contributed by atoms with Gasteiger partial charge in [-0.2, -0.15) is 5.26 Å². The minimum absolute atomic E-state index is 0.0203. The van der Waals surface area contributed by atoms with Crippen molar-refractivity contribution in [3.05, 3.63) is 71.1 Å². The molecule has 7 heteroatoms. The molecule has 1 aliphatic rings. The first-order chi connectivity index (χ1) is 14.7. The second-order valence-corrected chi connectivity index (χ2v) is 7.18. The Morgan fingerprint density at radius 2 is 2.10 bits per heavy atom. The minimum atomic E-state index is -0.442. The van der Waals surface area contributed by atoms with Crippen LogP contribution in [0.2, 0.25) is 0 Å². The van der Waals surface area contributed by atoms with Gasteiger partial charge in [0.25, 0.3) is 5.91 Å². The lowest BCUT2D eigenvalue weighted by molar-refractivity contribution is -0.128. The van der Waals surface area contributed by atoms with Crippen LogP contribution in [-0.4, -0.2) is 33.2 Å². The zero-order valence-electron chi connectivity index (χ0n) is 16.4. The summed E-state index contributed by atoms with van der Waals surface area (Å²) in [6, 6.07) is 13.4. The van der Waals surface area contributed by atoms with Gasteiger partial charge in [0.1, 0.15) is 17.3 Å². The number of H-pyrrole nitrogens is 1. The van der Waals surface area contributed by atoms with E-state index < -0.39 is 5.91 Å². The van der Waals surface area contributed by atoms with E-state index in [9.17, 15) is 14.9 Å². The van der Waals surface area contributed by atoms with Gasteiger partial charge in [0.2, 0.25) is 5.91 Å². The molecule has 0 radical (unpaired) electrons. The van der Waals surface area contributed by atoms with Gasteiger partial charge in [-0.15, -0.1) is 0 Å². The van der Waals surface area contributed by atoms with Crippen molar-refractivity contribution < 1.29 is 9.59 Å². The van der Waals surface area contributed by atoms with E-state index in [0.29, 0.717) is 18.6 Å². The fourth-order valence-corrected chi connectivity index (χ4v) is 3.63. The first-order valence-corrected chi connectivity index (χ1v) is 9.82. The number of rotatable bonds is 6. The number of amides is 2. The lowest BCUT2D eigenvalue weighted by Gasteiger charge is -2.18. The van der Waals surface area contributed by atoms with Crippen molar-refractivity contribution in [2.75, 3.05) is 6.54 Å². The van der Waals surface area contributed by atoms with Gasteiger partial charge in [0, 0.05) is 49.4 Å². The Hall–Kier alpha value is -3.92. The number of aromatic nitrogens is 2. The Kier molecular flexibility index (Phi) is 5.57. The number of aromatic amines is 1. The van der Waals surface area contributed by atoms with Gasteiger partial charge < -0.3 is 15.2 Å². The molecule has 1 aliphatic heterocycles. The van der Waals surface area contributed by atoms with Crippen molar-refractivity contribution in [1.82, 2.24) is 20.2 Å². The summed E-state index contributed by atoms with van der Waals surface area (Å²) < 4.78 is 0. The Balaban J connectivity index is 1.47. The smallest absolute Gasteiger partial charge is 0.262 e. The average molecular weight is 399 g/mol. The van der Waals surface area contributed by atoms with Crippen LogP contribution in [-0.2, 0) is 22.7 Å². The monoisotopic (exact) mass is 399 g/mol. The number of nitrogens with zero attached hydrogens (tertiary/aromatic N) is 3. The first kappa shape index (κ1) is 19.4. The number of hydrogen-bond acceptors (Lipinski definition) is 4. The Labute approximate surface area is 174 Å². The predicted octanol–water partition coefficient (Wildman–Crippen LogP) is 2.91. The molecule has 1 fully saturated rings. The molecule has 2 N–H and O–H groups in total. The molecule has 30 heavy (non-hydrogen) atoms. The van der Waals surface area contributed by atoms with Crippen molar-refractivity contribution in [2.45, 2.75) is 25.9 Å². The Bertz CT molecular complexity index is 1170. The predicted molar refractivity (Wildman–Crippen MR) is 113 cm³/mol. The van der Waals surface area contributed by atoms with E-state index in [-0.39, 0.29) is 18.0 Å². The van der Waals surface area contributed by atoms with Crippen LogP contribution in [0, 0.1) is 11.3 Å². The van der Waals surface area contributed by atoms with Gasteiger partial charge in [0.15, 0.2) is 0 Å². The maximum atomic E-state index is 12.6. The molecule has 0 unspecified atom stereocenters. The third-order valence-corrected chi connectivity index (χ3v) is 5.24. The van der Waals surface area contributed by atoms with Crippen molar-refractivity contribution >= 4 is 28.9 Å². The van der Waals surface area contributed by atoms with Crippen molar-refractivity contribution in [3.8, 4) is 6.07 Å². The molecule has 150 valence electrons. The molecular weight excluding hydrogens is 378 g/mol. The van der Waals surface area contributed by atoms with Gasteiger partial charge in [-0.3, -0.25) is 9.59 Å². The Morgan fingerprint density at radius 3 is 2.87 bits per heavy atom. The SMILES string of the molecule is N#C/C(=C\c1c[nH]c2ncccc12)C(=O)NCc1ccccc1CN1CCCC1=O. The van der Waals surface area contributed by atoms with Crippen LogP contribution in [0.1, 0.15) is 29.5 Å².